The summed E-state index contributed by atoms with van der Waals surface area (Å²) in [7, 11) is 0. The van der Waals surface area contributed by atoms with Gasteiger partial charge in [0, 0.05) is 12.0 Å². The fraction of sp³-hybridized carbons (Fsp3) is 0.0870. The van der Waals surface area contributed by atoms with Gasteiger partial charge in [0.15, 0.2) is 0 Å². The highest BCUT2D eigenvalue weighted by Crippen LogP contribution is 2.36. The molecule has 150 valence electrons. The van der Waals surface area contributed by atoms with Crippen molar-refractivity contribution in [3.05, 3.63) is 106 Å². The number of halogens is 2. The second-order valence-corrected chi connectivity index (χ2v) is 7.63. The van der Waals surface area contributed by atoms with Gasteiger partial charge < -0.3 is 0 Å². The zero-order valence-corrected chi connectivity index (χ0v) is 17.4. The first-order valence-corrected chi connectivity index (χ1v) is 10.1. The average Bonchev–Trinajstić information content (AvgIpc) is 3.24. The van der Waals surface area contributed by atoms with Gasteiger partial charge in [-0.05, 0) is 23.3 Å². The Morgan fingerprint density at radius 1 is 0.933 bits per heavy atom. The molecule has 2 N–H and O–H groups in total. The molecule has 0 unspecified atom stereocenters. The summed E-state index contributed by atoms with van der Waals surface area (Å²) in [6.45, 7) is 0. The van der Waals surface area contributed by atoms with Crippen LogP contribution < -0.4 is 10.9 Å². The number of nitrogens with one attached hydrogen (secondary N) is 2. The fourth-order valence-electron chi connectivity index (χ4n) is 3.42. The van der Waals surface area contributed by atoms with Crippen LogP contribution in [0.4, 0.5) is 0 Å². The van der Waals surface area contributed by atoms with Gasteiger partial charge in [0.1, 0.15) is 11.3 Å². The number of hydrogen-bond acceptors (Lipinski definition) is 4. The number of rotatable bonds is 5. The van der Waals surface area contributed by atoms with E-state index < -0.39 is 11.4 Å². The highest BCUT2D eigenvalue weighted by atomic mass is 35.5. The van der Waals surface area contributed by atoms with Gasteiger partial charge >= 0.3 is 0 Å². The number of carbonyl (C=O) groups is 1. The minimum absolute atomic E-state index is 0.352. The third-order valence-electron chi connectivity index (χ3n) is 4.97. The van der Waals surface area contributed by atoms with Crippen LogP contribution in [0.2, 0.25) is 10.0 Å². The molecule has 0 spiro atoms. The lowest BCUT2D eigenvalue weighted by molar-refractivity contribution is -0.114. The van der Waals surface area contributed by atoms with Crippen molar-refractivity contribution in [1.29, 1.82) is 0 Å². The van der Waals surface area contributed by atoms with Crippen LogP contribution >= 0.6 is 23.2 Å². The number of nitrogens with zero attached hydrogens (tertiary/aromatic N) is 2. The van der Waals surface area contributed by atoms with E-state index in [2.05, 4.69) is 21.1 Å². The Morgan fingerprint density at radius 2 is 1.50 bits per heavy atom. The highest BCUT2D eigenvalue weighted by Gasteiger charge is 2.41. The molecule has 0 saturated heterocycles. The number of benzene rings is 3. The van der Waals surface area contributed by atoms with E-state index in [1.165, 1.54) is 6.21 Å². The van der Waals surface area contributed by atoms with Gasteiger partial charge in [-0.25, -0.2) is 5.43 Å². The molecule has 0 fully saturated rings. The summed E-state index contributed by atoms with van der Waals surface area (Å²) in [5.74, 6) is -0.393. The predicted molar refractivity (Wildman–Crippen MR) is 121 cm³/mol. The minimum atomic E-state index is -0.620. The summed E-state index contributed by atoms with van der Waals surface area (Å²) in [6, 6.07) is 25.0. The maximum absolute atomic E-state index is 12.7. The topological polar surface area (TPSA) is 65.8 Å². The summed E-state index contributed by atoms with van der Waals surface area (Å²) < 4.78 is 0. The first-order chi connectivity index (χ1) is 14.6. The van der Waals surface area contributed by atoms with Crippen LogP contribution in [0.3, 0.4) is 0 Å². The molecule has 1 aliphatic rings. The maximum atomic E-state index is 12.7. The molecule has 4 rings (SSSR count). The van der Waals surface area contributed by atoms with E-state index in [0.29, 0.717) is 27.7 Å². The first kappa shape index (κ1) is 20.1. The Balaban J connectivity index is 1.54. The van der Waals surface area contributed by atoms with E-state index in [4.69, 9.17) is 23.2 Å². The fourth-order valence-corrected chi connectivity index (χ4v) is 3.92. The van der Waals surface area contributed by atoms with Crippen molar-refractivity contribution >= 4 is 41.0 Å². The minimum Gasteiger partial charge on any atom is -0.294 e. The molecule has 0 bridgehead atoms. The molecule has 1 amide bonds. The van der Waals surface area contributed by atoms with Crippen molar-refractivity contribution in [1.82, 2.24) is 10.9 Å². The van der Waals surface area contributed by atoms with Crippen molar-refractivity contribution in [3.63, 3.8) is 0 Å². The second kappa shape index (κ2) is 8.69. The number of carbonyl (C=O) groups excluding carboxylic acids is 1. The summed E-state index contributed by atoms with van der Waals surface area (Å²) >= 11 is 12.2. The first-order valence-electron chi connectivity index (χ1n) is 9.32. The predicted octanol–water partition coefficient (Wildman–Crippen LogP) is 4.74. The van der Waals surface area contributed by atoms with Gasteiger partial charge in [-0.2, -0.15) is 10.2 Å². The van der Waals surface area contributed by atoms with E-state index >= 15 is 0 Å². The summed E-state index contributed by atoms with van der Waals surface area (Å²) in [5, 5.41) is 9.23. The van der Waals surface area contributed by atoms with Crippen molar-refractivity contribution in [2.45, 2.75) is 12.0 Å². The lowest BCUT2D eigenvalue weighted by Crippen LogP contribution is -2.38. The second-order valence-electron chi connectivity index (χ2n) is 6.82. The normalized spacial score (nSPS) is 14.9. The zero-order chi connectivity index (χ0) is 21.0. The van der Waals surface area contributed by atoms with Crippen molar-refractivity contribution < 1.29 is 4.79 Å². The molecule has 30 heavy (non-hydrogen) atoms. The van der Waals surface area contributed by atoms with Gasteiger partial charge in [-0.15, -0.1) is 0 Å². The van der Waals surface area contributed by atoms with E-state index in [1.807, 2.05) is 60.7 Å². The lowest BCUT2D eigenvalue weighted by atomic mass is 9.80. The average molecular weight is 437 g/mol. The third-order valence-corrected chi connectivity index (χ3v) is 5.63. The molecule has 0 aliphatic carbocycles. The van der Waals surface area contributed by atoms with Gasteiger partial charge in [0.2, 0.25) is 0 Å². The smallest absolute Gasteiger partial charge is 0.287 e. The monoisotopic (exact) mass is 436 g/mol. The molecule has 3 aromatic carbocycles. The Kier molecular flexibility index (Phi) is 5.84. The number of amides is 1. The van der Waals surface area contributed by atoms with Crippen molar-refractivity contribution in [3.8, 4) is 0 Å². The molecule has 1 heterocycles. The highest BCUT2D eigenvalue weighted by molar-refractivity contribution is 6.40. The zero-order valence-electron chi connectivity index (χ0n) is 15.8. The molecule has 7 heteroatoms. The maximum Gasteiger partial charge on any atom is 0.287 e. The Bertz CT molecular complexity index is 1050. The molecule has 3 aromatic rings. The molecule has 0 radical (unpaired) electrons. The number of hydrazone groups is 2. The Hall–Kier alpha value is -3.15. The van der Waals surface area contributed by atoms with Crippen molar-refractivity contribution in [2.24, 2.45) is 10.2 Å². The van der Waals surface area contributed by atoms with E-state index in [0.717, 1.165) is 11.1 Å². The molecular weight excluding hydrogens is 419 g/mol. The third kappa shape index (κ3) is 3.95. The van der Waals surface area contributed by atoms with Crippen LogP contribution in [0.25, 0.3) is 0 Å². The summed E-state index contributed by atoms with van der Waals surface area (Å²) in [6.07, 6.45) is 1.81. The Morgan fingerprint density at radius 3 is 2.07 bits per heavy atom. The standard InChI is InChI=1S/C23H18Cl2N4O/c24-19-12-7-13-20(25)18(19)15-26-28-22(30)21-14-23(29-27-21,16-8-3-1-4-9-16)17-10-5-2-6-11-17/h1-13,15,29H,14H2,(H,28,30). The molecule has 0 atom stereocenters. The van der Waals surface area contributed by atoms with Crippen LogP contribution in [-0.4, -0.2) is 17.8 Å². The van der Waals surface area contributed by atoms with Gasteiger partial charge in [0.25, 0.3) is 5.91 Å². The van der Waals surface area contributed by atoms with Gasteiger partial charge in [-0.3, -0.25) is 10.2 Å². The van der Waals surface area contributed by atoms with E-state index in [1.54, 1.807) is 18.2 Å². The number of hydrogen-bond donors (Lipinski definition) is 2. The summed E-state index contributed by atoms with van der Waals surface area (Å²) in [4.78, 5) is 12.7. The largest absolute Gasteiger partial charge is 0.294 e. The molecule has 0 aromatic heterocycles. The van der Waals surface area contributed by atoms with Gasteiger partial charge in [-0.1, -0.05) is 89.9 Å². The van der Waals surface area contributed by atoms with Crippen molar-refractivity contribution in [2.75, 3.05) is 0 Å². The SMILES string of the molecule is O=C(NN=Cc1c(Cl)cccc1Cl)C1=NNC(c2ccccc2)(c2ccccc2)C1. The Labute approximate surface area is 184 Å². The quantitative estimate of drug-likeness (QED) is 0.448. The van der Waals surface area contributed by atoms with E-state index in [9.17, 15) is 4.79 Å². The molecular formula is C23H18Cl2N4O. The van der Waals surface area contributed by atoms with Crippen LogP contribution in [0.15, 0.2) is 89.1 Å². The lowest BCUT2D eigenvalue weighted by Gasteiger charge is -2.30. The molecule has 0 saturated carbocycles. The van der Waals surface area contributed by atoms with Crippen LogP contribution in [0.5, 0.6) is 0 Å². The van der Waals surface area contributed by atoms with Crippen LogP contribution in [0, 0.1) is 0 Å². The summed E-state index contributed by atoms with van der Waals surface area (Å²) in [5.41, 5.74) is 8.02. The van der Waals surface area contributed by atoms with E-state index in [-0.39, 0.29) is 0 Å². The molecule has 1 aliphatic heterocycles. The van der Waals surface area contributed by atoms with Gasteiger partial charge in [0.05, 0.1) is 16.3 Å². The van der Waals surface area contributed by atoms with Crippen LogP contribution in [0.1, 0.15) is 23.1 Å². The molecule has 5 nitrogen and oxygen atoms in total. The van der Waals surface area contributed by atoms with Crippen LogP contribution in [-0.2, 0) is 10.3 Å².